The van der Waals surface area contributed by atoms with Crippen LogP contribution in [-0.4, -0.2) is 52.3 Å². The Bertz CT molecular complexity index is 952. The van der Waals surface area contributed by atoms with E-state index in [1.165, 1.54) is 57.8 Å². The molecule has 0 fully saturated rings. The average Bonchev–Trinajstić information content (AvgIpc) is 3.03. The molecule has 0 aromatic heterocycles. The lowest BCUT2D eigenvalue weighted by Crippen LogP contribution is -2.29. The number of hydrogen-bond donors (Lipinski definition) is 3. The average molecular weight is 699 g/mol. The first kappa shape index (κ1) is 46.0. The molecule has 3 N–H and O–H groups in total. The van der Waals surface area contributed by atoms with Gasteiger partial charge in [-0.2, -0.15) is 0 Å². The van der Waals surface area contributed by atoms with E-state index in [0.717, 1.165) is 31.6 Å². The van der Waals surface area contributed by atoms with Crippen molar-refractivity contribution in [3.05, 3.63) is 48.6 Å². The molecule has 0 heterocycles. The summed E-state index contributed by atoms with van der Waals surface area (Å²) in [5.41, 5.74) is 0. The van der Waals surface area contributed by atoms with Crippen molar-refractivity contribution >= 4 is 19.8 Å². The molecule has 0 bridgehead atoms. The number of hydrogen-bond acceptors (Lipinski definition) is 7. The van der Waals surface area contributed by atoms with Crippen LogP contribution in [0.15, 0.2) is 48.6 Å². The second kappa shape index (κ2) is 32.2. The SMILES string of the molecule is CCCCC/C=C\C[C@H](O)/C=C/C=C\C/C=C\CCCC(=O)O[C@H](COC(=O)CCCCCCCCCCCC(C)C)COP(=O)(O)O. The van der Waals surface area contributed by atoms with Crippen LogP contribution in [0.2, 0.25) is 0 Å². The van der Waals surface area contributed by atoms with Gasteiger partial charge in [0.15, 0.2) is 6.10 Å². The maximum Gasteiger partial charge on any atom is 0.469 e. The second-order valence-electron chi connectivity index (χ2n) is 12.9. The highest BCUT2D eigenvalue weighted by atomic mass is 31.2. The molecule has 0 aliphatic rings. The van der Waals surface area contributed by atoms with Crippen LogP contribution in [0.5, 0.6) is 0 Å². The van der Waals surface area contributed by atoms with Gasteiger partial charge in [-0.1, -0.05) is 140 Å². The minimum Gasteiger partial charge on any atom is -0.462 e. The monoisotopic (exact) mass is 698 g/mol. The predicted molar refractivity (Wildman–Crippen MR) is 194 cm³/mol. The van der Waals surface area contributed by atoms with Crippen LogP contribution < -0.4 is 0 Å². The van der Waals surface area contributed by atoms with Crippen LogP contribution >= 0.6 is 7.82 Å². The van der Waals surface area contributed by atoms with E-state index in [2.05, 4.69) is 31.4 Å². The lowest BCUT2D eigenvalue weighted by molar-refractivity contribution is -0.161. The number of unbranched alkanes of at least 4 members (excludes halogenated alkanes) is 12. The third-order valence-electron chi connectivity index (χ3n) is 7.61. The number of carbonyl (C=O) groups is 2. The number of esters is 2. The molecule has 0 amide bonds. The van der Waals surface area contributed by atoms with E-state index in [9.17, 15) is 19.3 Å². The van der Waals surface area contributed by atoms with Gasteiger partial charge in [-0.15, -0.1) is 0 Å². The number of ether oxygens (including phenoxy) is 2. The summed E-state index contributed by atoms with van der Waals surface area (Å²) in [6.07, 6.45) is 33.1. The standard InChI is InChI=1S/C38H67O9P/c1-4-5-6-7-18-23-28-35(39)29-24-19-14-11-12-16-21-26-31-38(41)47-36(33-46-48(42,43)44)32-45-37(40)30-25-20-15-10-8-9-13-17-22-27-34(2)3/h12,14,16,18-19,23-24,29,34-36,39H,4-11,13,15,17,20-22,25-28,30-33H2,1-3H3,(H2,42,43,44)/b16-12-,19-14-,23-18-,29-24+/t35-,36+/m0/s1. The largest absolute Gasteiger partial charge is 0.469 e. The highest BCUT2D eigenvalue weighted by Crippen LogP contribution is 2.36. The maximum absolute atomic E-state index is 12.3. The fourth-order valence-corrected chi connectivity index (χ4v) is 5.17. The topological polar surface area (TPSA) is 140 Å². The number of phosphoric ester groups is 1. The Kier molecular flexibility index (Phi) is 30.8. The highest BCUT2D eigenvalue weighted by Gasteiger charge is 2.22. The van der Waals surface area contributed by atoms with E-state index in [-0.39, 0.29) is 19.4 Å². The molecule has 2 atom stereocenters. The summed E-state index contributed by atoms with van der Waals surface area (Å²) in [6, 6.07) is 0. The summed E-state index contributed by atoms with van der Waals surface area (Å²) in [5.74, 6) is -0.214. The molecular weight excluding hydrogens is 631 g/mol. The van der Waals surface area contributed by atoms with Crippen LogP contribution in [0.25, 0.3) is 0 Å². The zero-order valence-electron chi connectivity index (χ0n) is 30.1. The molecule has 0 rings (SSSR count). The zero-order valence-corrected chi connectivity index (χ0v) is 31.0. The van der Waals surface area contributed by atoms with Crippen molar-refractivity contribution in [2.45, 2.75) is 161 Å². The molecule has 0 aromatic carbocycles. The Morgan fingerprint density at radius 3 is 2.00 bits per heavy atom. The molecule has 10 heteroatoms. The molecule has 0 saturated carbocycles. The summed E-state index contributed by atoms with van der Waals surface area (Å²) in [7, 11) is -4.78. The first-order valence-corrected chi connectivity index (χ1v) is 19.9. The quantitative estimate of drug-likeness (QED) is 0.0206. The van der Waals surface area contributed by atoms with Crippen LogP contribution in [0, 0.1) is 5.92 Å². The Morgan fingerprint density at radius 2 is 1.33 bits per heavy atom. The number of allylic oxidation sites excluding steroid dienone is 6. The molecule has 9 nitrogen and oxygen atoms in total. The van der Waals surface area contributed by atoms with Crippen LogP contribution in [0.1, 0.15) is 149 Å². The first-order chi connectivity index (χ1) is 23.0. The smallest absolute Gasteiger partial charge is 0.462 e. The molecule has 0 spiro atoms. The van der Waals surface area contributed by atoms with Gasteiger partial charge in [-0.05, 0) is 50.9 Å². The van der Waals surface area contributed by atoms with Gasteiger partial charge in [-0.3, -0.25) is 14.1 Å². The van der Waals surface area contributed by atoms with Gasteiger partial charge in [0.05, 0.1) is 12.7 Å². The summed E-state index contributed by atoms with van der Waals surface area (Å²) in [5, 5.41) is 9.98. The molecule has 0 radical (unpaired) electrons. The number of carbonyl (C=O) groups excluding carboxylic acids is 2. The lowest BCUT2D eigenvalue weighted by atomic mass is 10.0. The summed E-state index contributed by atoms with van der Waals surface area (Å²) in [6.45, 7) is 5.81. The van der Waals surface area contributed by atoms with Crippen molar-refractivity contribution < 1.29 is 43.0 Å². The molecule has 0 aromatic rings. The van der Waals surface area contributed by atoms with E-state index >= 15 is 0 Å². The van der Waals surface area contributed by atoms with Crippen LogP contribution in [-0.2, 0) is 28.2 Å². The van der Waals surface area contributed by atoms with Gasteiger partial charge >= 0.3 is 19.8 Å². The lowest BCUT2D eigenvalue weighted by Gasteiger charge is -2.18. The van der Waals surface area contributed by atoms with Gasteiger partial charge < -0.3 is 24.4 Å². The van der Waals surface area contributed by atoms with Gasteiger partial charge in [0.2, 0.25) is 0 Å². The molecular formula is C38H67O9P. The third-order valence-corrected chi connectivity index (χ3v) is 8.09. The minimum atomic E-state index is -4.78. The summed E-state index contributed by atoms with van der Waals surface area (Å²) >= 11 is 0. The van der Waals surface area contributed by atoms with Crippen molar-refractivity contribution in [2.24, 2.45) is 5.92 Å². The fourth-order valence-electron chi connectivity index (χ4n) is 4.81. The van der Waals surface area contributed by atoms with E-state index < -0.39 is 38.6 Å². The predicted octanol–water partition coefficient (Wildman–Crippen LogP) is 9.61. The Hall–Kier alpha value is -2.03. The Balaban J connectivity index is 4.18. The number of rotatable bonds is 32. The van der Waals surface area contributed by atoms with Crippen molar-refractivity contribution in [2.75, 3.05) is 13.2 Å². The number of aliphatic hydroxyl groups is 1. The van der Waals surface area contributed by atoms with Gasteiger partial charge in [0, 0.05) is 12.8 Å². The fraction of sp³-hybridized carbons (Fsp3) is 0.737. The summed E-state index contributed by atoms with van der Waals surface area (Å²) < 4.78 is 26.2. The minimum absolute atomic E-state index is 0.103. The first-order valence-electron chi connectivity index (χ1n) is 18.4. The molecule has 278 valence electrons. The zero-order chi connectivity index (χ0) is 35.7. The van der Waals surface area contributed by atoms with E-state index in [0.29, 0.717) is 32.1 Å². The van der Waals surface area contributed by atoms with E-state index in [1.54, 1.807) is 6.08 Å². The molecule has 0 saturated heterocycles. The normalized spacial score (nSPS) is 13.8. The van der Waals surface area contributed by atoms with Crippen molar-refractivity contribution in [3.8, 4) is 0 Å². The summed E-state index contributed by atoms with van der Waals surface area (Å²) in [4.78, 5) is 42.6. The van der Waals surface area contributed by atoms with Crippen LogP contribution in [0.4, 0.5) is 0 Å². The van der Waals surface area contributed by atoms with E-state index in [4.69, 9.17) is 19.3 Å². The molecule has 48 heavy (non-hydrogen) atoms. The molecule has 0 aliphatic heterocycles. The van der Waals surface area contributed by atoms with Crippen molar-refractivity contribution in [3.63, 3.8) is 0 Å². The third kappa shape index (κ3) is 35.3. The van der Waals surface area contributed by atoms with E-state index in [1.807, 2.05) is 36.5 Å². The Labute approximate surface area is 291 Å². The van der Waals surface area contributed by atoms with Crippen molar-refractivity contribution in [1.29, 1.82) is 0 Å². The van der Waals surface area contributed by atoms with Crippen LogP contribution in [0.3, 0.4) is 0 Å². The van der Waals surface area contributed by atoms with Gasteiger partial charge in [-0.25, -0.2) is 4.57 Å². The maximum atomic E-state index is 12.3. The number of aliphatic hydroxyl groups excluding tert-OH is 1. The highest BCUT2D eigenvalue weighted by molar-refractivity contribution is 7.46. The van der Waals surface area contributed by atoms with Gasteiger partial charge in [0.1, 0.15) is 6.61 Å². The van der Waals surface area contributed by atoms with Crippen molar-refractivity contribution in [1.82, 2.24) is 0 Å². The van der Waals surface area contributed by atoms with Gasteiger partial charge in [0.25, 0.3) is 0 Å². The molecule has 0 unspecified atom stereocenters. The molecule has 0 aliphatic carbocycles. The second-order valence-corrected chi connectivity index (χ2v) is 14.1. The Morgan fingerprint density at radius 1 is 0.708 bits per heavy atom. The number of phosphoric acid groups is 1.